The Morgan fingerprint density at radius 2 is 1.60 bits per heavy atom. The van der Waals surface area contributed by atoms with Gasteiger partial charge in [-0.15, -0.1) is 0 Å². The lowest BCUT2D eigenvalue weighted by Crippen LogP contribution is -2.51. The maximum Gasteiger partial charge on any atom is 0.243 e. The molecule has 1 aliphatic heterocycles. The number of anilines is 1. The molecule has 0 atom stereocenters. The fourth-order valence-corrected chi connectivity index (χ4v) is 4.52. The van der Waals surface area contributed by atoms with Gasteiger partial charge in [-0.2, -0.15) is 4.31 Å². The molecule has 0 spiro atoms. The fraction of sp³-hybridized carbons (Fsp3) is 0.381. The summed E-state index contributed by atoms with van der Waals surface area (Å²) < 4.78 is 37.2. The summed E-state index contributed by atoms with van der Waals surface area (Å²) in [4.78, 5) is 16.7. The zero-order valence-corrected chi connectivity index (χ0v) is 18.3. The number of piperazine rings is 1. The molecule has 9 heteroatoms. The number of para-hydroxylation sites is 1. The standard InChI is InChI=1S/C21H27N3O5S/c1-22(30(26,27)18-9-10-19(28-2)20(15-18)29-3)16-21(25)24-13-11-23(12-14-24)17-7-5-4-6-8-17/h4-10,15H,11-14,16H2,1-3H3. The number of benzene rings is 2. The molecule has 0 aromatic heterocycles. The molecule has 0 N–H and O–H groups in total. The predicted molar refractivity (Wildman–Crippen MR) is 115 cm³/mol. The van der Waals surface area contributed by atoms with E-state index in [1.54, 1.807) is 4.90 Å². The number of methoxy groups -OCH3 is 2. The molecule has 3 rings (SSSR count). The minimum Gasteiger partial charge on any atom is -0.493 e. The molecule has 2 aromatic rings. The first-order valence-corrected chi connectivity index (χ1v) is 11.1. The van der Waals surface area contributed by atoms with E-state index < -0.39 is 10.0 Å². The first kappa shape index (κ1) is 21.9. The van der Waals surface area contributed by atoms with Crippen LogP contribution in [0, 0.1) is 0 Å². The Balaban J connectivity index is 1.62. The highest BCUT2D eigenvalue weighted by atomic mass is 32.2. The molecule has 1 saturated heterocycles. The SMILES string of the molecule is COc1ccc(S(=O)(=O)N(C)CC(=O)N2CCN(c3ccccc3)CC2)cc1OC. The number of nitrogens with zero attached hydrogens (tertiary/aromatic N) is 3. The Morgan fingerprint density at radius 3 is 2.20 bits per heavy atom. The van der Waals surface area contributed by atoms with E-state index in [1.165, 1.54) is 39.5 Å². The molecule has 0 saturated carbocycles. The van der Waals surface area contributed by atoms with Crippen LogP contribution in [0.5, 0.6) is 11.5 Å². The van der Waals surface area contributed by atoms with E-state index in [4.69, 9.17) is 9.47 Å². The topological polar surface area (TPSA) is 79.4 Å². The van der Waals surface area contributed by atoms with E-state index in [-0.39, 0.29) is 17.3 Å². The van der Waals surface area contributed by atoms with Crippen molar-refractivity contribution in [2.24, 2.45) is 0 Å². The lowest BCUT2D eigenvalue weighted by atomic mass is 10.2. The largest absolute Gasteiger partial charge is 0.493 e. The van der Waals surface area contributed by atoms with Crippen LogP contribution in [0.3, 0.4) is 0 Å². The van der Waals surface area contributed by atoms with E-state index >= 15 is 0 Å². The third kappa shape index (κ3) is 4.68. The molecular formula is C21H27N3O5S. The number of likely N-dealkylation sites (N-methyl/N-ethyl adjacent to an activating group) is 1. The first-order valence-electron chi connectivity index (χ1n) is 9.63. The number of carbonyl (C=O) groups excluding carboxylic acids is 1. The lowest BCUT2D eigenvalue weighted by molar-refractivity contribution is -0.131. The van der Waals surface area contributed by atoms with Gasteiger partial charge in [-0.3, -0.25) is 4.79 Å². The van der Waals surface area contributed by atoms with Crippen LogP contribution in [-0.4, -0.2) is 77.5 Å². The number of hydrogen-bond donors (Lipinski definition) is 0. The molecule has 1 fully saturated rings. The quantitative estimate of drug-likeness (QED) is 0.661. The molecule has 0 bridgehead atoms. The van der Waals surface area contributed by atoms with Crippen molar-refractivity contribution >= 4 is 21.6 Å². The number of amides is 1. The van der Waals surface area contributed by atoms with Gasteiger partial charge in [0.1, 0.15) is 0 Å². The molecule has 0 radical (unpaired) electrons. The van der Waals surface area contributed by atoms with Gasteiger partial charge in [-0.25, -0.2) is 8.42 Å². The van der Waals surface area contributed by atoms with Crippen LogP contribution < -0.4 is 14.4 Å². The van der Waals surface area contributed by atoms with Crippen molar-refractivity contribution < 1.29 is 22.7 Å². The van der Waals surface area contributed by atoms with Crippen molar-refractivity contribution in [2.75, 3.05) is 58.9 Å². The predicted octanol–water partition coefficient (Wildman–Crippen LogP) is 1.67. The van der Waals surface area contributed by atoms with Crippen molar-refractivity contribution in [3.63, 3.8) is 0 Å². The van der Waals surface area contributed by atoms with Gasteiger partial charge in [0.25, 0.3) is 0 Å². The maximum atomic E-state index is 12.9. The van der Waals surface area contributed by atoms with Crippen LogP contribution in [0.25, 0.3) is 0 Å². The smallest absolute Gasteiger partial charge is 0.243 e. The van der Waals surface area contributed by atoms with Crippen LogP contribution in [0.4, 0.5) is 5.69 Å². The molecule has 162 valence electrons. The third-order valence-electron chi connectivity index (χ3n) is 5.17. The second kappa shape index (κ2) is 9.36. The monoisotopic (exact) mass is 433 g/mol. The van der Waals surface area contributed by atoms with Gasteiger partial charge < -0.3 is 19.3 Å². The van der Waals surface area contributed by atoms with E-state index in [1.807, 2.05) is 30.3 Å². The van der Waals surface area contributed by atoms with Gasteiger partial charge in [-0.05, 0) is 24.3 Å². The van der Waals surface area contributed by atoms with Gasteiger partial charge in [-0.1, -0.05) is 18.2 Å². The van der Waals surface area contributed by atoms with Crippen molar-refractivity contribution in [3.8, 4) is 11.5 Å². The summed E-state index contributed by atoms with van der Waals surface area (Å²) >= 11 is 0. The van der Waals surface area contributed by atoms with E-state index in [0.717, 1.165) is 9.99 Å². The molecule has 2 aromatic carbocycles. The number of rotatable bonds is 7. The molecule has 30 heavy (non-hydrogen) atoms. The Bertz CT molecular complexity index is 973. The van der Waals surface area contributed by atoms with Crippen molar-refractivity contribution in [1.82, 2.24) is 9.21 Å². The minimum absolute atomic E-state index is 0.0457. The molecule has 8 nitrogen and oxygen atoms in total. The van der Waals surface area contributed by atoms with E-state index in [2.05, 4.69) is 4.90 Å². The summed E-state index contributed by atoms with van der Waals surface area (Å²) in [5, 5.41) is 0. The van der Waals surface area contributed by atoms with Crippen LogP contribution in [-0.2, 0) is 14.8 Å². The molecule has 1 heterocycles. The summed E-state index contributed by atoms with van der Waals surface area (Å²) in [6.45, 7) is 2.31. The van der Waals surface area contributed by atoms with Crippen LogP contribution in [0.15, 0.2) is 53.4 Å². The highest BCUT2D eigenvalue weighted by Crippen LogP contribution is 2.30. The zero-order chi connectivity index (χ0) is 21.7. The Labute approximate surface area is 177 Å². The Kier molecular flexibility index (Phi) is 6.84. The molecule has 0 unspecified atom stereocenters. The first-order chi connectivity index (χ1) is 14.4. The summed E-state index contributed by atoms with van der Waals surface area (Å²) in [5.74, 6) is 0.538. The summed E-state index contributed by atoms with van der Waals surface area (Å²) in [7, 11) is 0.484. The van der Waals surface area contributed by atoms with Gasteiger partial charge in [0.05, 0.1) is 25.7 Å². The molecular weight excluding hydrogens is 406 g/mol. The van der Waals surface area contributed by atoms with Crippen molar-refractivity contribution in [3.05, 3.63) is 48.5 Å². The number of hydrogen-bond acceptors (Lipinski definition) is 6. The number of ether oxygens (including phenoxy) is 2. The average molecular weight is 434 g/mol. The van der Waals surface area contributed by atoms with Crippen LogP contribution in [0.2, 0.25) is 0 Å². The van der Waals surface area contributed by atoms with E-state index in [0.29, 0.717) is 37.7 Å². The lowest BCUT2D eigenvalue weighted by Gasteiger charge is -2.36. The normalized spacial score (nSPS) is 14.7. The number of carbonyl (C=O) groups is 1. The molecule has 1 aliphatic rings. The van der Waals surface area contributed by atoms with Gasteiger partial charge in [0, 0.05) is 45.0 Å². The molecule has 0 aliphatic carbocycles. The van der Waals surface area contributed by atoms with Crippen molar-refractivity contribution in [1.29, 1.82) is 0 Å². The van der Waals surface area contributed by atoms with Crippen molar-refractivity contribution in [2.45, 2.75) is 4.90 Å². The maximum absolute atomic E-state index is 12.9. The minimum atomic E-state index is -3.84. The number of sulfonamides is 1. The van der Waals surface area contributed by atoms with Gasteiger partial charge >= 0.3 is 0 Å². The van der Waals surface area contributed by atoms with Gasteiger partial charge in [0.15, 0.2) is 11.5 Å². The zero-order valence-electron chi connectivity index (χ0n) is 17.4. The van der Waals surface area contributed by atoms with Crippen LogP contribution in [0.1, 0.15) is 0 Å². The fourth-order valence-electron chi connectivity index (χ4n) is 3.39. The highest BCUT2D eigenvalue weighted by molar-refractivity contribution is 7.89. The van der Waals surface area contributed by atoms with Gasteiger partial charge in [0.2, 0.25) is 15.9 Å². The Morgan fingerprint density at radius 1 is 0.967 bits per heavy atom. The average Bonchev–Trinajstić information content (AvgIpc) is 2.79. The third-order valence-corrected chi connectivity index (χ3v) is 6.97. The van der Waals surface area contributed by atoms with E-state index in [9.17, 15) is 13.2 Å². The second-order valence-electron chi connectivity index (χ2n) is 6.98. The summed E-state index contributed by atoms with van der Waals surface area (Å²) in [5.41, 5.74) is 1.12. The second-order valence-corrected chi connectivity index (χ2v) is 9.03. The molecule has 1 amide bonds. The highest BCUT2D eigenvalue weighted by Gasteiger charge is 2.28. The summed E-state index contributed by atoms with van der Waals surface area (Å²) in [6.07, 6.45) is 0. The summed E-state index contributed by atoms with van der Waals surface area (Å²) in [6, 6.07) is 14.4. The van der Waals surface area contributed by atoms with Crippen LogP contribution >= 0.6 is 0 Å². The Hall–Kier alpha value is -2.78.